The van der Waals surface area contributed by atoms with E-state index in [1.807, 2.05) is 102 Å². The second-order valence-corrected chi connectivity index (χ2v) is 47.6. The Morgan fingerprint density at radius 1 is 0.280 bits per heavy atom. The predicted molar refractivity (Wildman–Crippen MR) is 603 cm³/mol. The van der Waals surface area contributed by atoms with E-state index in [4.69, 9.17) is 45.5 Å². The number of ether oxygens (including phenoxy) is 4. The molecule has 1 atom stereocenters. The molecule has 0 amide bonds. The van der Waals surface area contributed by atoms with Gasteiger partial charge in [-0.3, -0.25) is 24.5 Å². The molecule has 0 radical (unpaired) electrons. The Kier molecular flexibility index (Phi) is 26.6. The molecule has 0 aliphatic carbocycles. The fourth-order valence-electron chi connectivity index (χ4n) is 22.4. The molecular formula is C127H122N6O13S3Se. The zero-order chi connectivity index (χ0) is 105. The number of aryl methyl sites for hydroxylation is 24. The molecule has 9 aliphatic heterocycles. The van der Waals surface area contributed by atoms with E-state index in [9.17, 15) is 12.6 Å². The Morgan fingerprint density at radius 2 is 0.700 bits per heavy atom. The summed E-state index contributed by atoms with van der Waals surface area (Å²) >= 11 is 2.06. The van der Waals surface area contributed by atoms with Crippen molar-refractivity contribution in [3.05, 3.63) is 382 Å². The molecule has 0 bridgehead atoms. The quantitative estimate of drug-likeness (QED) is 0.143. The number of anilines is 18. The molecule has 15 heterocycles. The second kappa shape index (κ2) is 40.0. The van der Waals surface area contributed by atoms with E-state index >= 15 is 0 Å². The summed E-state index contributed by atoms with van der Waals surface area (Å²) in [4.78, 5) is 17.5. The molecular weight excluding hydrogens is 1990 g/mol. The van der Waals surface area contributed by atoms with Gasteiger partial charge in [-0.05, 0) is 314 Å². The van der Waals surface area contributed by atoms with Gasteiger partial charge in [-0.25, -0.2) is 12.6 Å². The normalized spacial score (nSPS) is 14.8. The van der Waals surface area contributed by atoms with Crippen LogP contribution in [0.15, 0.2) is 292 Å². The molecule has 6 aromatic heterocycles. The van der Waals surface area contributed by atoms with Crippen molar-refractivity contribution in [3.63, 3.8) is 0 Å². The van der Waals surface area contributed by atoms with Crippen molar-refractivity contribution in [3.8, 4) is 28.7 Å². The third kappa shape index (κ3) is 18.6. The molecule has 0 saturated heterocycles. The Hall–Kier alpha value is -14.7. The fraction of sp³-hybridized carbons (Fsp3) is 0.244. The topological polar surface area (TPSA) is 186 Å². The van der Waals surface area contributed by atoms with Crippen LogP contribution >= 0.6 is 11.8 Å². The van der Waals surface area contributed by atoms with Gasteiger partial charge in [0.15, 0.2) is 11.5 Å². The summed E-state index contributed by atoms with van der Waals surface area (Å²) in [7, 11) is -4.87. The van der Waals surface area contributed by atoms with E-state index in [1.165, 1.54) is 136 Å². The van der Waals surface area contributed by atoms with Crippen LogP contribution in [0, 0.1) is 145 Å². The standard InChI is InChI=1S/C22H21NO2.C21H19NO4S.C21H21NO2S.C21H19NO2Se.C21H21NO2.C21H21NOS/c1-14-8-9-19-17(11-14)13-18-12-15(2)25-22(18)23(19)20-7-3-5-16-6-4-10-24-21(16)20;1-13-8-9-16-18(11-13)27(23,24)19-12-14(2)26-21(19)22(16)17-7-3-5-15-6-4-10-25-20(15)17;1-12-6-7-17-18(10-12)25(23)19-11-16(5)24-21(19)22(17)20-14(3)8-13(2)9-15(20)4;1-13-8-9-16-18(11-13)25-19-12-14(2)24-21(19)22(16)17-7-3-5-15-6-4-10-23-20(15)17;2*1-12-6-7-17-18(10-12)24-19-11-16(5)23-21(19)22(17)20-14(3)8-13(2)9-15(20)4/h3,5,7-9,11-12H,4,6,10,13H2,1-2H3;3,5,7-9,11-12H,4,6,10H2,1-2H3;6-11H,1-5H3;3,5,7-9,11-12H,4,6,10H2,1-2H3;2*6-11H,1-5H3. The molecule has 27 rings (SSSR count). The van der Waals surface area contributed by atoms with Gasteiger partial charge >= 0.3 is 154 Å². The van der Waals surface area contributed by atoms with Crippen molar-refractivity contribution in [1.29, 1.82) is 0 Å². The van der Waals surface area contributed by atoms with Crippen molar-refractivity contribution in [2.75, 3.05) is 49.2 Å². The monoisotopic (exact) mass is 2110 g/mol. The molecule has 150 heavy (non-hydrogen) atoms. The average Bonchev–Trinajstić information content (AvgIpc) is 1.44. The maximum absolute atomic E-state index is 13.2. The molecule has 0 saturated carbocycles. The zero-order valence-corrected chi connectivity index (χ0v) is 92.9. The van der Waals surface area contributed by atoms with E-state index in [1.54, 1.807) is 30.8 Å². The summed E-state index contributed by atoms with van der Waals surface area (Å²) in [5.41, 5.74) is 37.1. The number of nitrogens with zero attached hydrogens (tertiary/aromatic N) is 6. The zero-order valence-electron chi connectivity index (χ0n) is 88.7. The van der Waals surface area contributed by atoms with Gasteiger partial charge in [0, 0.05) is 29.0 Å². The Bertz CT molecular complexity index is 8230. The number of para-hydroxylation sites is 3. The Morgan fingerprint density at radius 3 is 1.28 bits per heavy atom. The minimum atomic E-state index is -3.64. The van der Waals surface area contributed by atoms with E-state index in [0.29, 0.717) is 34.7 Å². The molecule has 9 aliphatic rings. The third-order valence-corrected chi connectivity index (χ3v) is 34.9. The van der Waals surface area contributed by atoms with Gasteiger partial charge in [0.2, 0.25) is 39.3 Å². The van der Waals surface area contributed by atoms with Crippen LogP contribution in [-0.4, -0.2) is 47.4 Å². The van der Waals surface area contributed by atoms with Crippen molar-refractivity contribution < 1.29 is 58.1 Å². The SMILES string of the molecule is Cc1cc(C)c(N2c3ccc(C)cc3Oc3cc(C)oc32)c(C)c1.Cc1cc(C)c(N2c3ccc(C)cc3S(=O)c3cc(C)oc32)c(C)c1.Cc1cc(C)c(N2c3ccc(C)cc3Sc3cc(C)oc32)c(C)c1.Cc1ccc2c(c1)Cc1cc(C)oc1N2c1cccc2c1OCCC2.Cc1ccc2c(c1)S(=O)(=O)c1cc(C)oc1N2c1cccc2c1OCCC2.Cc1ccc2c(c1)[Se]c1cc(C)oc1N2c1cccc2c1OCCC2. The summed E-state index contributed by atoms with van der Waals surface area (Å²) in [6, 6.07) is 81.9. The van der Waals surface area contributed by atoms with Crippen molar-refractivity contribution in [2.24, 2.45) is 0 Å². The minimum absolute atomic E-state index is 0.200. The average molecular weight is 2120 g/mol. The first-order chi connectivity index (χ1) is 72.1. The van der Waals surface area contributed by atoms with Crippen LogP contribution in [0.1, 0.15) is 165 Å². The van der Waals surface area contributed by atoms with Gasteiger partial charge in [-0.2, -0.15) is 0 Å². The van der Waals surface area contributed by atoms with E-state index < -0.39 is 20.6 Å². The van der Waals surface area contributed by atoms with Crippen LogP contribution in [0.3, 0.4) is 0 Å². The first kappa shape index (κ1) is 99.9. The first-order valence-electron chi connectivity index (χ1n) is 51.4. The van der Waals surface area contributed by atoms with E-state index in [0.717, 1.165) is 206 Å². The van der Waals surface area contributed by atoms with Gasteiger partial charge in [0.05, 0.1) is 95.6 Å². The van der Waals surface area contributed by atoms with Gasteiger partial charge in [0.25, 0.3) is 0 Å². The second-order valence-electron chi connectivity index (χ2n) is 41.0. The van der Waals surface area contributed by atoms with Crippen molar-refractivity contribution >= 4 is 160 Å². The molecule has 18 aromatic rings. The van der Waals surface area contributed by atoms with Gasteiger partial charge < -0.3 is 36.3 Å². The molecule has 12 aromatic carbocycles. The number of sulfone groups is 1. The van der Waals surface area contributed by atoms with Gasteiger partial charge in [-0.1, -0.05) is 131 Å². The van der Waals surface area contributed by atoms with E-state index in [2.05, 4.69) is 290 Å². The number of hydrogen-bond acceptors (Lipinski definition) is 20. The van der Waals surface area contributed by atoms with Crippen LogP contribution in [-0.2, 0) is 46.3 Å². The summed E-state index contributed by atoms with van der Waals surface area (Å²) in [6.07, 6.45) is 7.15. The van der Waals surface area contributed by atoms with Crippen LogP contribution < -0.4 is 57.3 Å². The van der Waals surface area contributed by atoms with E-state index in [-0.39, 0.29) is 19.9 Å². The van der Waals surface area contributed by atoms with Crippen molar-refractivity contribution in [2.45, 2.75) is 220 Å². The molecule has 0 N–H and O–H groups in total. The number of fused-ring (bicyclic) bond motifs is 15. The van der Waals surface area contributed by atoms with Crippen LogP contribution in [0.4, 0.5) is 104 Å². The molecule has 0 fully saturated rings. The third-order valence-electron chi connectivity index (χ3n) is 28.5. The van der Waals surface area contributed by atoms with Crippen LogP contribution in [0.5, 0.6) is 28.7 Å². The van der Waals surface area contributed by atoms with Crippen LogP contribution in [0.25, 0.3) is 0 Å². The number of furan rings is 6. The van der Waals surface area contributed by atoms with Crippen molar-refractivity contribution in [1.82, 2.24) is 0 Å². The number of hydrogen-bond donors (Lipinski definition) is 0. The summed E-state index contributed by atoms with van der Waals surface area (Å²) in [5.74, 6) is 14.0. The summed E-state index contributed by atoms with van der Waals surface area (Å²) in [6.45, 7) is 45.6. The molecule has 0 spiro atoms. The van der Waals surface area contributed by atoms with Gasteiger partial charge in [-0.15, -0.1) is 0 Å². The number of rotatable bonds is 6. The Balaban J connectivity index is 0.000000102. The molecule has 23 heteroatoms. The number of benzene rings is 12. The molecule has 1 unspecified atom stereocenters. The first-order valence-corrected chi connectivity index (χ1v) is 56.5. The molecule has 19 nitrogen and oxygen atoms in total. The predicted octanol–water partition coefficient (Wildman–Crippen LogP) is 33.0. The summed E-state index contributed by atoms with van der Waals surface area (Å²) < 4.78 is 103. The maximum atomic E-state index is 13.2. The summed E-state index contributed by atoms with van der Waals surface area (Å²) in [5, 5.41) is 0. The molecule has 762 valence electrons. The van der Waals surface area contributed by atoms with Gasteiger partial charge in [0.1, 0.15) is 50.1 Å². The fourth-order valence-corrected chi connectivity index (χ4v) is 29.2. The van der Waals surface area contributed by atoms with Crippen LogP contribution in [0.2, 0.25) is 0 Å². The Labute approximate surface area is 891 Å².